The molecule has 2 heterocycles. The molecule has 0 radical (unpaired) electrons. The van der Waals surface area contributed by atoms with Gasteiger partial charge in [0.05, 0.1) is 13.7 Å². The number of pyridine rings is 1. The maximum absolute atomic E-state index is 12.9. The molecule has 4 rings (SSSR count). The van der Waals surface area contributed by atoms with Crippen molar-refractivity contribution in [2.45, 2.75) is 25.8 Å². The van der Waals surface area contributed by atoms with Gasteiger partial charge in [0, 0.05) is 47.5 Å². The number of piperidine rings is 1. The van der Waals surface area contributed by atoms with Crippen molar-refractivity contribution < 1.29 is 14.3 Å². The molecule has 0 bridgehead atoms. The van der Waals surface area contributed by atoms with E-state index < -0.39 is 0 Å². The number of ether oxygens (including phenoxy) is 2. The molecule has 0 aliphatic carbocycles. The smallest absolute Gasteiger partial charge is 0.251 e. The van der Waals surface area contributed by atoms with Crippen molar-refractivity contribution in [2.24, 2.45) is 5.92 Å². The Morgan fingerprint density at radius 1 is 1.11 bits per heavy atom. The molecular formula is C28H31Cl2N3O3. The van der Waals surface area contributed by atoms with Crippen LogP contribution >= 0.6 is 23.2 Å². The van der Waals surface area contributed by atoms with Gasteiger partial charge in [-0.15, -0.1) is 0 Å². The lowest BCUT2D eigenvalue weighted by atomic mass is 9.96. The SMILES string of the molecule is COc1ccc(C(=O)NCC2CCN(Cc3cccnc3)CC2)cc1OCCc1ccc(Cl)cc1Cl. The first-order chi connectivity index (χ1) is 17.5. The van der Waals surface area contributed by atoms with Crippen LogP contribution in [0.3, 0.4) is 0 Å². The summed E-state index contributed by atoms with van der Waals surface area (Å²) in [5.74, 6) is 1.46. The zero-order valence-electron chi connectivity index (χ0n) is 20.4. The number of hydrogen-bond acceptors (Lipinski definition) is 5. The third-order valence-electron chi connectivity index (χ3n) is 6.46. The van der Waals surface area contributed by atoms with Crippen LogP contribution in [0, 0.1) is 5.92 Å². The summed E-state index contributed by atoms with van der Waals surface area (Å²) in [6.45, 7) is 4.02. The summed E-state index contributed by atoms with van der Waals surface area (Å²) in [5, 5.41) is 4.30. The Morgan fingerprint density at radius 2 is 1.94 bits per heavy atom. The highest BCUT2D eigenvalue weighted by Crippen LogP contribution is 2.29. The minimum Gasteiger partial charge on any atom is -0.493 e. The molecule has 36 heavy (non-hydrogen) atoms. The number of aromatic nitrogens is 1. The Labute approximate surface area is 222 Å². The van der Waals surface area contributed by atoms with Gasteiger partial charge in [-0.3, -0.25) is 14.7 Å². The van der Waals surface area contributed by atoms with E-state index in [-0.39, 0.29) is 5.91 Å². The van der Waals surface area contributed by atoms with E-state index in [0.717, 1.165) is 38.0 Å². The Morgan fingerprint density at radius 3 is 2.67 bits per heavy atom. The lowest BCUT2D eigenvalue weighted by Gasteiger charge is -2.32. The van der Waals surface area contributed by atoms with Gasteiger partial charge in [-0.05, 0) is 79.4 Å². The van der Waals surface area contributed by atoms with Crippen LogP contribution in [-0.2, 0) is 13.0 Å². The molecule has 1 fully saturated rings. The number of carbonyl (C=O) groups is 1. The zero-order chi connectivity index (χ0) is 25.3. The quantitative estimate of drug-likeness (QED) is 0.368. The predicted molar refractivity (Wildman–Crippen MR) is 143 cm³/mol. The van der Waals surface area contributed by atoms with E-state index in [2.05, 4.69) is 21.3 Å². The van der Waals surface area contributed by atoms with E-state index in [1.165, 1.54) is 5.56 Å². The number of carbonyl (C=O) groups excluding carboxylic acids is 1. The molecule has 6 nitrogen and oxygen atoms in total. The number of nitrogens with zero attached hydrogens (tertiary/aromatic N) is 2. The minimum atomic E-state index is -0.110. The Kier molecular flexibility index (Phi) is 9.45. The van der Waals surface area contributed by atoms with E-state index in [1.807, 2.05) is 18.3 Å². The summed E-state index contributed by atoms with van der Waals surface area (Å²) in [5.41, 5.74) is 2.72. The number of benzene rings is 2. The molecule has 1 saturated heterocycles. The fourth-order valence-corrected chi connectivity index (χ4v) is 4.87. The van der Waals surface area contributed by atoms with Crippen LogP contribution in [0.15, 0.2) is 60.9 Å². The number of amides is 1. The van der Waals surface area contributed by atoms with Gasteiger partial charge in [0.1, 0.15) is 0 Å². The fourth-order valence-electron chi connectivity index (χ4n) is 4.36. The highest BCUT2D eigenvalue weighted by atomic mass is 35.5. The molecule has 2 aromatic carbocycles. The van der Waals surface area contributed by atoms with E-state index >= 15 is 0 Å². The minimum absolute atomic E-state index is 0.110. The van der Waals surface area contributed by atoms with Gasteiger partial charge >= 0.3 is 0 Å². The van der Waals surface area contributed by atoms with Crippen LogP contribution in [-0.4, -0.2) is 49.1 Å². The van der Waals surface area contributed by atoms with Gasteiger partial charge in [0.15, 0.2) is 11.5 Å². The summed E-state index contributed by atoms with van der Waals surface area (Å²) >= 11 is 12.2. The first-order valence-electron chi connectivity index (χ1n) is 12.2. The van der Waals surface area contributed by atoms with Crippen LogP contribution in [0.25, 0.3) is 0 Å². The number of halogens is 2. The lowest BCUT2D eigenvalue weighted by Crippen LogP contribution is -2.38. The van der Waals surface area contributed by atoms with Crippen LogP contribution < -0.4 is 14.8 Å². The predicted octanol–water partition coefficient (Wildman–Crippen LogP) is 5.66. The third kappa shape index (κ3) is 7.36. The molecule has 190 valence electrons. The number of rotatable bonds is 10. The van der Waals surface area contributed by atoms with E-state index in [4.69, 9.17) is 32.7 Å². The Hall–Kier alpha value is -2.80. The molecule has 0 atom stereocenters. The molecule has 0 unspecified atom stereocenters. The second-order valence-electron chi connectivity index (χ2n) is 8.99. The Balaban J connectivity index is 1.26. The first-order valence-corrected chi connectivity index (χ1v) is 12.9. The molecular weight excluding hydrogens is 497 g/mol. The van der Waals surface area contributed by atoms with Crippen LogP contribution in [0.5, 0.6) is 11.5 Å². The van der Waals surface area contributed by atoms with Gasteiger partial charge in [0.25, 0.3) is 5.91 Å². The summed E-state index contributed by atoms with van der Waals surface area (Å²) in [6, 6.07) is 14.7. The number of nitrogens with one attached hydrogen (secondary N) is 1. The van der Waals surface area contributed by atoms with Crippen molar-refractivity contribution in [3.63, 3.8) is 0 Å². The maximum Gasteiger partial charge on any atom is 0.251 e. The number of likely N-dealkylation sites (tertiary alicyclic amines) is 1. The molecule has 0 saturated carbocycles. The second kappa shape index (κ2) is 12.9. The van der Waals surface area contributed by atoms with Gasteiger partial charge in [-0.2, -0.15) is 0 Å². The van der Waals surface area contributed by atoms with Gasteiger partial charge in [0.2, 0.25) is 0 Å². The Bertz CT molecular complexity index is 1150. The molecule has 1 aliphatic rings. The van der Waals surface area contributed by atoms with Crippen molar-refractivity contribution >= 4 is 29.1 Å². The summed E-state index contributed by atoms with van der Waals surface area (Å²) in [4.78, 5) is 19.5. The van der Waals surface area contributed by atoms with E-state index in [9.17, 15) is 4.79 Å². The second-order valence-corrected chi connectivity index (χ2v) is 9.83. The zero-order valence-corrected chi connectivity index (χ0v) is 21.9. The van der Waals surface area contributed by atoms with Gasteiger partial charge in [-0.25, -0.2) is 0 Å². The highest BCUT2D eigenvalue weighted by molar-refractivity contribution is 6.35. The first kappa shape index (κ1) is 26.3. The van der Waals surface area contributed by atoms with Crippen molar-refractivity contribution in [1.82, 2.24) is 15.2 Å². The fraction of sp³-hybridized carbons (Fsp3) is 0.357. The number of methoxy groups -OCH3 is 1. The normalized spacial score (nSPS) is 14.4. The van der Waals surface area contributed by atoms with Crippen molar-refractivity contribution in [2.75, 3.05) is 33.4 Å². The van der Waals surface area contributed by atoms with E-state index in [0.29, 0.717) is 52.6 Å². The summed E-state index contributed by atoms with van der Waals surface area (Å²) < 4.78 is 11.4. The molecule has 1 amide bonds. The largest absolute Gasteiger partial charge is 0.493 e. The molecule has 8 heteroatoms. The van der Waals surface area contributed by atoms with Crippen LogP contribution in [0.1, 0.15) is 34.3 Å². The van der Waals surface area contributed by atoms with Gasteiger partial charge < -0.3 is 14.8 Å². The van der Waals surface area contributed by atoms with E-state index in [1.54, 1.807) is 43.6 Å². The topological polar surface area (TPSA) is 63.7 Å². The molecule has 0 spiro atoms. The van der Waals surface area contributed by atoms with Crippen molar-refractivity contribution in [1.29, 1.82) is 0 Å². The summed E-state index contributed by atoms with van der Waals surface area (Å²) in [7, 11) is 1.58. The number of hydrogen-bond donors (Lipinski definition) is 1. The van der Waals surface area contributed by atoms with Crippen LogP contribution in [0.4, 0.5) is 0 Å². The average Bonchev–Trinajstić information content (AvgIpc) is 2.90. The molecule has 3 aromatic rings. The lowest BCUT2D eigenvalue weighted by molar-refractivity contribution is 0.0934. The maximum atomic E-state index is 12.9. The average molecular weight is 528 g/mol. The molecule has 1 N–H and O–H groups in total. The third-order valence-corrected chi connectivity index (χ3v) is 7.04. The highest BCUT2D eigenvalue weighted by Gasteiger charge is 2.20. The standard InChI is InChI=1S/C28H31Cl2N3O3/c1-35-26-7-5-23(15-27(26)36-14-10-22-4-6-24(29)16-25(22)30)28(34)32-18-20-8-12-33(13-9-20)19-21-3-2-11-31-17-21/h2-7,11,15-17,20H,8-10,12-14,18-19H2,1H3,(H,32,34). The van der Waals surface area contributed by atoms with Gasteiger partial charge in [-0.1, -0.05) is 35.3 Å². The van der Waals surface area contributed by atoms with Crippen molar-refractivity contribution in [3.8, 4) is 11.5 Å². The van der Waals surface area contributed by atoms with Crippen molar-refractivity contribution in [3.05, 3.63) is 87.7 Å². The summed E-state index contributed by atoms with van der Waals surface area (Å²) in [6.07, 6.45) is 6.45. The molecule has 1 aromatic heterocycles. The van der Waals surface area contributed by atoms with Crippen LogP contribution in [0.2, 0.25) is 10.0 Å². The monoisotopic (exact) mass is 527 g/mol. The molecule has 1 aliphatic heterocycles.